The molecule has 0 aromatic carbocycles. The van der Waals surface area contributed by atoms with Gasteiger partial charge in [-0.25, -0.2) is 4.79 Å². The lowest BCUT2D eigenvalue weighted by molar-refractivity contribution is -0.137. The van der Waals surface area contributed by atoms with Crippen molar-refractivity contribution in [2.45, 2.75) is 68.7 Å². The van der Waals surface area contributed by atoms with Gasteiger partial charge >= 0.3 is 12.0 Å². The summed E-state index contributed by atoms with van der Waals surface area (Å²) in [4.78, 5) is 24.7. The summed E-state index contributed by atoms with van der Waals surface area (Å²) >= 11 is 1.93. The van der Waals surface area contributed by atoms with Crippen LogP contribution in [-0.2, 0) is 4.79 Å². The van der Waals surface area contributed by atoms with Crippen LogP contribution in [0.4, 0.5) is 4.79 Å². The Morgan fingerprint density at radius 1 is 1.25 bits per heavy atom. The van der Waals surface area contributed by atoms with Gasteiger partial charge in [0.2, 0.25) is 0 Å². The molecule has 2 heterocycles. The fraction of sp³-hybridized carbons (Fsp3) is 0.875. The summed E-state index contributed by atoms with van der Waals surface area (Å²) in [5.74, 6) is 0.271. The van der Waals surface area contributed by atoms with Crippen LogP contribution in [0.1, 0.15) is 51.4 Å². The number of carboxylic acids is 1. The van der Waals surface area contributed by atoms with E-state index in [0.717, 1.165) is 63.8 Å². The number of unbranched alkanes of at least 4 members (excludes halogenated alkanes) is 4. The topological polar surface area (TPSA) is 127 Å². The van der Waals surface area contributed by atoms with Crippen LogP contribution in [0.5, 0.6) is 0 Å². The summed E-state index contributed by atoms with van der Waals surface area (Å²) in [7, 11) is 0. The summed E-state index contributed by atoms with van der Waals surface area (Å²) in [6.45, 7) is 1.58. The van der Waals surface area contributed by atoms with Crippen LogP contribution in [0.25, 0.3) is 0 Å². The first kappa shape index (κ1) is 21.1. The zero-order valence-corrected chi connectivity index (χ0v) is 15.0. The molecule has 7 nitrogen and oxygen atoms in total. The number of amides is 2. The van der Waals surface area contributed by atoms with Crippen LogP contribution in [0.15, 0.2) is 0 Å². The molecule has 0 unspecified atom stereocenters. The number of thioether (sulfide) groups is 1. The van der Waals surface area contributed by atoms with Crippen LogP contribution in [0.2, 0.25) is 0 Å². The van der Waals surface area contributed by atoms with Gasteiger partial charge in [-0.1, -0.05) is 19.3 Å². The van der Waals surface area contributed by atoms with Gasteiger partial charge in [0.15, 0.2) is 0 Å². The zero-order valence-electron chi connectivity index (χ0n) is 14.2. The molecular weight excluding hydrogens is 330 g/mol. The normalized spacial score (nSPS) is 25.3. The predicted molar refractivity (Wildman–Crippen MR) is 96.3 cm³/mol. The first-order chi connectivity index (χ1) is 11.1. The van der Waals surface area contributed by atoms with Gasteiger partial charge in [-0.2, -0.15) is 11.8 Å². The molecule has 24 heavy (non-hydrogen) atoms. The molecule has 0 bridgehead atoms. The Balaban J connectivity index is 0.00000288. The maximum absolute atomic E-state index is 12.2. The third-order valence-electron chi connectivity index (χ3n) is 4.73. The van der Waals surface area contributed by atoms with Crippen molar-refractivity contribution >= 4 is 23.8 Å². The Morgan fingerprint density at radius 2 is 2.00 bits per heavy atom. The zero-order chi connectivity index (χ0) is 16.7. The van der Waals surface area contributed by atoms with Crippen LogP contribution in [-0.4, -0.2) is 63.7 Å². The van der Waals surface area contributed by atoms with E-state index >= 15 is 0 Å². The van der Waals surface area contributed by atoms with Crippen LogP contribution < -0.4 is 11.1 Å². The lowest BCUT2D eigenvalue weighted by Gasteiger charge is -2.21. The van der Waals surface area contributed by atoms with Crippen molar-refractivity contribution in [1.29, 1.82) is 0 Å². The maximum Gasteiger partial charge on any atom is 0.318 e. The quantitative estimate of drug-likeness (QED) is 0.376. The average Bonchev–Trinajstić information content (AvgIpc) is 3.03. The number of carbonyl (C=O) groups excluding carboxylic acids is 1. The number of aliphatic carboxylic acids is 1. The van der Waals surface area contributed by atoms with Crippen molar-refractivity contribution in [2.75, 3.05) is 18.8 Å². The molecule has 0 aliphatic carbocycles. The molecule has 140 valence electrons. The Bertz CT molecular complexity index is 411. The highest BCUT2D eigenvalue weighted by Gasteiger charge is 2.47. The Kier molecular flexibility index (Phi) is 9.46. The number of nitrogens with two attached hydrogens (primary N) is 1. The average molecular weight is 362 g/mol. The van der Waals surface area contributed by atoms with Gasteiger partial charge in [-0.3, -0.25) is 4.79 Å². The molecule has 2 amide bonds. The van der Waals surface area contributed by atoms with Crippen LogP contribution >= 0.6 is 11.8 Å². The van der Waals surface area contributed by atoms with Gasteiger partial charge in [0.05, 0.1) is 12.1 Å². The number of fused-ring (bicyclic) bond motifs is 1. The van der Waals surface area contributed by atoms with Crippen LogP contribution in [0.3, 0.4) is 0 Å². The van der Waals surface area contributed by atoms with Crippen molar-refractivity contribution in [3.05, 3.63) is 0 Å². The lowest BCUT2D eigenvalue weighted by Crippen LogP contribution is -2.38. The Morgan fingerprint density at radius 3 is 2.71 bits per heavy atom. The molecule has 2 aliphatic heterocycles. The molecular formula is C16H31N3O4S. The number of urea groups is 1. The van der Waals surface area contributed by atoms with E-state index in [-0.39, 0.29) is 24.0 Å². The second-order valence-corrected chi connectivity index (χ2v) is 7.72. The first-order valence-corrected chi connectivity index (χ1v) is 9.79. The summed E-state index contributed by atoms with van der Waals surface area (Å²) < 4.78 is 0. The second-order valence-electron chi connectivity index (χ2n) is 6.45. The van der Waals surface area contributed by atoms with Gasteiger partial charge in [0, 0.05) is 24.0 Å². The highest BCUT2D eigenvalue weighted by atomic mass is 32.2. The third-order valence-corrected chi connectivity index (χ3v) is 6.22. The van der Waals surface area contributed by atoms with Crippen molar-refractivity contribution < 1.29 is 20.2 Å². The number of nitrogens with one attached hydrogen (secondary N) is 1. The standard InChI is InChI=1S/C16H29N3O3S.H2O/c17-9-5-1-2-6-10-19-12-11-23-13(15(12)18-16(19)22)7-3-4-8-14(20)21;/h12-13,15H,1-11,17H2,(H,18,22)(H,20,21);1H2/t12-,13-,15-;/m0./s1. The molecule has 3 atom stereocenters. The molecule has 2 rings (SSSR count). The second kappa shape index (κ2) is 10.8. The number of hydrogen-bond donors (Lipinski definition) is 3. The van der Waals surface area contributed by atoms with Crippen molar-refractivity contribution in [1.82, 2.24) is 10.2 Å². The maximum atomic E-state index is 12.2. The molecule has 6 N–H and O–H groups in total. The molecule has 8 heteroatoms. The molecule has 0 spiro atoms. The van der Waals surface area contributed by atoms with Crippen LogP contribution in [0, 0.1) is 0 Å². The molecule has 0 radical (unpaired) electrons. The third kappa shape index (κ3) is 5.82. The predicted octanol–water partition coefficient (Wildman–Crippen LogP) is 1.20. The van der Waals surface area contributed by atoms with Crippen molar-refractivity contribution in [2.24, 2.45) is 5.73 Å². The minimum atomic E-state index is -0.725. The van der Waals surface area contributed by atoms with E-state index in [9.17, 15) is 9.59 Å². The number of hydrogen-bond acceptors (Lipinski definition) is 4. The van der Waals surface area contributed by atoms with Gasteiger partial charge in [-0.05, 0) is 32.2 Å². The van der Waals surface area contributed by atoms with Gasteiger partial charge in [-0.15, -0.1) is 0 Å². The number of rotatable bonds is 11. The fourth-order valence-electron chi connectivity index (χ4n) is 3.46. The highest BCUT2D eigenvalue weighted by Crippen LogP contribution is 2.37. The Labute approximate surface area is 148 Å². The van der Waals surface area contributed by atoms with E-state index in [0.29, 0.717) is 11.3 Å². The van der Waals surface area contributed by atoms with E-state index in [1.165, 1.54) is 0 Å². The van der Waals surface area contributed by atoms with Crippen molar-refractivity contribution in [3.63, 3.8) is 0 Å². The smallest absolute Gasteiger partial charge is 0.318 e. The van der Waals surface area contributed by atoms with Gasteiger partial charge < -0.3 is 26.5 Å². The largest absolute Gasteiger partial charge is 0.481 e. The SMILES string of the molecule is NCCCCCCN1C(=O)N[C@@H]2[C@H](CCCCC(=O)O)SC[C@@H]21.O. The van der Waals surface area contributed by atoms with E-state index in [1.807, 2.05) is 16.7 Å². The molecule has 2 fully saturated rings. The monoisotopic (exact) mass is 361 g/mol. The molecule has 2 aliphatic rings. The summed E-state index contributed by atoms with van der Waals surface area (Å²) in [5, 5.41) is 12.3. The summed E-state index contributed by atoms with van der Waals surface area (Å²) in [5.41, 5.74) is 5.50. The number of carbonyl (C=O) groups is 2. The van der Waals surface area contributed by atoms with Crippen molar-refractivity contribution in [3.8, 4) is 0 Å². The Hall–Kier alpha value is -0.990. The summed E-state index contributed by atoms with van der Waals surface area (Å²) in [6.07, 6.45) is 7.25. The first-order valence-electron chi connectivity index (χ1n) is 8.74. The minimum absolute atomic E-state index is 0. The molecule has 0 saturated carbocycles. The number of nitrogens with zero attached hydrogens (tertiary/aromatic N) is 1. The molecule has 2 saturated heterocycles. The highest BCUT2D eigenvalue weighted by molar-refractivity contribution is 8.00. The van der Waals surface area contributed by atoms with E-state index in [1.54, 1.807) is 0 Å². The number of carboxylic acid groups (broad SMARTS) is 1. The van der Waals surface area contributed by atoms with E-state index in [4.69, 9.17) is 10.8 Å². The van der Waals surface area contributed by atoms with E-state index < -0.39 is 5.97 Å². The fourth-order valence-corrected chi connectivity index (χ4v) is 5.08. The lowest BCUT2D eigenvalue weighted by atomic mass is 10.0. The minimum Gasteiger partial charge on any atom is -0.481 e. The van der Waals surface area contributed by atoms with E-state index in [2.05, 4.69) is 5.32 Å². The van der Waals surface area contributed by atoms with Gasteiger partial charge in [0.25, 0.3) is 0 Å². The van der Waals surface area contributed by atoms with Gasteiger partial charge in [0.1, 0.15) is 0 Å². The molecule has 0 aromatic rings. The molecule has 0 aromatic heterocycles. The summed E-state index contributed by atoms with van der Waals surface area (Å²) in [6, 6.07) is 0.627.